The SMILES string of the molecule is CCn1cc(C(=O)NCCn2ncc3c(=O)n(Cc4ccc([N+](=O)[O-])cc4)cnc32)c(=O)c2ccc(C)nc21. The van der Waals surface area contributed by atoms with Gasteiger partial charge in [-0.25, -0.2) is 14.6 Å². The summed E-state index contributed by atoms with van der Waals surface area (Å²) in [5.41, 5.74) is 1.67. The van der Waals surface area contributed by atoms with Crippen LogP contribution < -0.4 is 16.3 Å². The van der Waals surface area contributed by atoms with E-state index in [1.165, 1.54) is 40.1 Å². The minimum Gasteiger partial charge on any atom is -0.350 e. The second-order valence-corrected chi connectivity index (χ2v) is 8.94. The monoisotopic (exact) mass is 528 g/mol. The molecule has 5 aromatic rings. The highest BCUT2D eigenvalue weighted by atomic mass is 16.6. The normalized spacial score (nSPS) is 11.2. The molecule has 0 aliphatic rings. The van der Waals surface area contributed by atoms with Crippen LogP contribution in [0.3, 0.4) is 0 Å². The van der Waals surface area contributed by atoms with E-state index in [0.29, 0.717) is 34.2 Å². The molecule has 0 atom stereocenters. The van der Waals surface area contributed by atoms with Crippen molar-refractivity contribution in [1.82, 2.24) is 34.2 Å². The van der Waals surface area contributed by atoms with Gasteiger partial charge in [-0.2, -0.15) is 5.10 Å². The fraction of sp³-hybridized carbons (Fsp3) is 0.231. The van der Waals surface area contributed by atoms with Crippen LogP contribution in [-0.2, 0) is 19.6 Å². The minimum atomic E-state index is -0.514. The van der Waals surface area contributed by atoms with Crippen LogP contribution in [0.1, 0.15) is 28.5 Å². The molecule has 0 spiro atoms. The Balaban J connectivity index is 1.30. The van der Waals surface area contributed by atoms with Gasteiger partial charge < -0.3 is 9.88 Å². The molecule has 0 unspecified atom stereocenters. The largest absolute Gasteiger partial charge is 0.350 e. The van der Waals surface area contributed by atoms with E-state index in [0.717, 1.165) is 5.69 Å². The minimum absolute atomic E-state index is 0.0209. The standard InChI is InChI=1S/C26H24N8O5/c1-3-31-14-21(22(35)19-9-4-16(2)30-24(19)31)25(36)27-10-11-33-23-20(12-29-33)26(37)32(15-28-23)13-17-5-7-18(8-6-17)34(38)39/h4-9,12,14-15H,3,10-11,13H2,1-2H3,(H,27,36). The van der Waals surface area contributed by atoms with Crippen molar-refractivity contribution in [3.05, 3.63) is 103 Å². The summed E-state index contributed by atoms with van der Waals surface area (Å²) in [7, 11) is 0. The molecule has 5 rings (SSSR count). The molecule has 39 heavy (non-hydrogen) atoms. The van der Waals surface area contributed by atoms with Gasteiger partial charge >= 0.3 is 0 Å². The van der Waals surface area contributed by atoms with Crippen molar-refractivity contribution in [3.8, 4) is 0 Å². The molecule has 0 bridgehead atoms. The molecule has 0 aliphatic heterocycles. The molecule has 4 aromatic heterocycles. The Labute approximate surface area is 220 Å². The van der Waals surface area contributed by atoms with Crippen LogP contribution in [0.2, 0.25) is 0 Å². The average Bonchev–Trinajstić information content (AvgIpc) is 3.34. The molecule has 13 nitrogen and oxygen atoms in total. The number of hydrogen-bond acceptors (Lipinski definition) is 8. The average molecular weight is 529 g/mol. The van der Waals surface area contributed by atoms with Crippen LogP contribution in [0.25, 0.3) is 22.1 Å². The van der Waals surface area contributed by atoms with Gasteiger partial charge in [0.2, 0.25) is 5.43 Å². The quantitative estimate of drug-likeness (QED) is 0.236. The first-order chi connectivity index (χ1) is 18.8. The second-order valence-electron chi connectivity index (χ2n) is 8.94. The molecule has 13 heteroatoms. The summed E-state index contributed by atoms with van der Waals surface area (Å²) in [6, 6.07) is 9.35. The third-order valence-corrected chi connectivity index (χ3v) is 6.38. The number of pyridine rings is 2. The van der Waals surface area contributed by atoms with Crippen molar-refractivity contribution < 1.29 is 9.72 Å². The van der Waals surface area contributed by atoms with E-state index in [1.54, 1.807) is 28.8 Å². The zero-order valence-corrected chi connectivity index (χ0v) is 21.2. The number of carbonyl (C=O) groups is 1. The summed E-state index contributed by atoms with van der Waals surface area (Å²) in [5.74, 6) is -0.514. The highest BCUT2D eigenvalue weighted by Crippen LogP contribution is 2.14. The Morgan fingerprint density at radius 1 is 1.05 bits per heavy atom. The summed E-state index contributed by atoms with van der Waals surface area (Å²) in [6.45, 7) is 4.86. The predicted octanol–water partition coefficient (Wildman–Crippen LogP) is 2.02. The molecule has 198 valence electrons. The number of nitrogens with one attached hydrogen (secondary N) is 1. The third kappa shape index (κ3) is 4.89. The lowest BCUT2D eigenvalue weighted by Gasteiger charge is -2.12. The molecule has 1 aromatic carbocycles. The molecule has 0 aliphatic carbocycles. The maximum absolute atomic E-state index is 13.0. The van der Waals surface area contributed by atoms with E-state index in [4.69, 9.17) is 0 Å². The van der Waals surface area contributed by atoms with Crippen molar-refractivity contribution in [3.63, 3.8) is 0 Å². The Morgan fingerprint density at radius 3 is 2.54 bits per heavy atom. The first-order valence-electron chi connectivity index (χ1n) is 12.2. The summed E-state index contributed by atoms with van der Waals surface area (Å²) in [6.07, 6.45) is 4.32. The van der Waals surface area contributed by atoms with Crippen LogP contribution in [0, 0.1) is 17.0 Å². The van der Waals surface area contributed by atoms with Gasteiger partial charge in [-0.15, -0.1) is 0 Å². The predicted molar refractivity (Wildman–Crippen MR) is 143 cm³/mol. The maximum Gasteiger partial charge on any atom is 0.269 e. The van der Waals surface area contributed by atoms with Gasteiger partial charge in [0.05, 0.1) is 29.6 Å². The molecular formula is C26H24N8O5. The lowest BCUT2D eigenvalue weighted by atomic mass is 10.1. The fourth-order valence-electron chi connectivity index (χ4n) is 4.33. The topological polar surface area (TPSA) is 160 Å². The first-order valence-corrected chi connectivity index (χ1v) is 12.2. The Kier molecular flexibility index (Phi) is 6.71. The van der Waals surface area contributed by atoms with Crippen molar-refractivity contribution in [2.45, 2.75) is 33.5 Å². The first kappa shape index (κ1) is 25.4. The van der Waals surface area contributed by atoms with Gasteiger partial charge in [-0.3, -0.25) is 29.1 Å². The highest BCUT2D eigenvalue weighted by molar-refractivity contribution is 5.96. The summed E-state index contributed by atoms with van der Waals surface area (Å²) >= 11 is 0. The number of fused-ring (bicyclic) bond motifs is 2. The zero-order valence-electron chi connectivity index (χ0n) is 21.2. The van der Waals surface area contributed by atoms with Crippen LogP contribution >= 0.6 is 0 Å². The number of amides is 1. The molecule has 0 saturated heterocycles. The summed E-state index contributed by atoms with van der Waals surface area (Å²) in [5, 5.41) is 18.5. The number of hydrogen-bond donors (Lipinski definition) is 1. The van der Waals surface area contributed by atoms with Crippen LogP contribution in [0.5, 0.6) is 0 Å². The van der Waals surface area contributed by atoms with Crippen molar-refractivity contribution in [1.29, 1.82) is 0 Å². The molecule has 0 fully saturated rings. The lowest BCUT2D eigenvalue weighted by Crippen LogP contribution is -2.32. The van der Waals surface area contributed by atoms with Crippen LogP contribution in [0.15, 0.2) is 64.7 Å². The van der Waals surface area contributed by atoms with Crippen LogP contribution in [-0.4, -0.2) is 46.3 Å². The van der Waals surface area contributed by atoms with Crippen molar-refractivity contribution >= 4 is 33.7 Å². The number of aryl methyl sites for hydroxylation is 2. The van der Waals surface area contributed by atoms with Gasteiger partial charge in [0, 0.05) is 37.1 Å². The number of benzene rings is 1. The van der Waals surface area contributed by atoms with E-state index in [2.05, 4.69) is 20.4 Å². The van der Waals surface area contributed by atoms with E-state index in [1.807, 2.05) is 13.8 Å². The van der Waals surface area contributed by atoms with E-state index < -0.39 is 10.8 Å². The van der Waals surface area contributed by atoms with Gasteiger partial charge in [0.15, 0.2) is 5.65 Å². The summed E-state index contributed by atoms with van der Waals surface area (Å²) in [4.78, 5) is 58.0. The second kappa shape index (κ2) is 10.3. The molecule has 1 amide bonds. The molecule has 1 N–H and O–H groups in total. The third-order valence-electron chi connectivity index (χ3n) is 6.38. The van der Waals surface area contributed by atoms with Crippen LogP contribution in [0.4, 0.5) is 5.69 Å². The van der Waals surface area contributed by atoms with Crippen molar-refractivity contribution in [2.75, 3.05) is 6.54 Å². The number of carbonyl (C=O) groups excluding carboxylic acids is 1. The smallest absolute Gasteiger partial charge is 0.269 e. The lowest BCUT2D eigenvalue weighted by molar-refractivity contribution is -0.384. The number of nitrogens with zero attached hydrogens (tertiary/aromatic N) is 7. The summed E-state index contributed by atoms with van der Waals surface area (Å²) < 4.78 is 4.67. The number of rotatable bonds is 8. The molecular weight excluding hydrogens is 504 g/mol. The number of non-ortho nitro benzene ring substituents is 1. The molecule has 0 saturated carbocycles. The Bertz CT molecular complexity index is 1850. The molecule has 0 radical (unpaired) electrons. The Hall–Kier alpha value is -5.20. The van der Waals surface area contributed by atoms with Gasteiger partial charge in [0.1, 0.15) is 22.9 Å². The van der Waals surface area contributed by atoms with Crippen molar-refractivity contribution in [2.24, 2.45) is 0 Å². The maximum atomic E-state index is 13.0. The number of nitro benzene ring substituents is 1. The van der Waals surface area contributed by atoms with E-state index in [9.17, 15) is 24.5 Å². The van der Waals surface area contributed by atoms with Gasteiger partial charge in [-0.1, -0.05) is 12.1 Å². The van der Waals surface area contributed by atoms with E-state index in [-0.39, 0.29) is 41.9 Å². The fourth-order valence-corrected chi connectivity index (χ4v) is 4.33. The number of aromatic nitrogens is 6. The number of nitro groups is 1. The van der Waals surface area contributed by atoms with Gasteiger partial charge in [0.25, 0.3) is 17.2 Å². The zero-order chi connectivity index (χ0) is 27.7. The van der Waals surface area contributed by atoms with E-state index >= 15 is 0 Å². The highest BCUT2D eigenvalue weighted by Gasteiger charge is 2.17. The molecule has 4 heterocycles. The Morgan fingerprint density at radius 2 is 1.82 bits per heavy atom. The van der Waals surface area contributed by atoms with Gasteiger partial charge in [-0.05, 0) is 31.5 Å².